The largest absolute Gasteiger partial charge is 0.482 e. The molecule has 1 heterocycles. The number of carbonyl (C=O) groups excluding carboxylic acids is 1. The van der Waals surface area contributed by atoms with Gasteiger partial charge in [0.1, 0.15) is 5.75 Å². The maximum Gasteiger partial charge on any atom is 0.344 e. The van der Waals surface area contributed by atoms with Crippen molar-refractivity contribution in [2.45, 2.75) is 12.8 Å². The lowest BCUT2D eigenvalue weighted by molar-refractivity contribution is -0.146. The van der Waals surface area contributed by atoms with Crippen LogP contribution in [0.1, 0.15) is 12.0 Å². The molecular formula is C19H17Cl2NO3. The minimum Gasteiger partial charge on any atom is -0.482 e. The first-order chi connectivity index (χ1) is 12.1. The smallest absolute Gasteiger partial charge is 0.344 e. The fourth-order valence-corrected chi connectivity index (χ4v) is 2.82. The van der Waals surface area contributed by atoms with Crippen molar-refractivity contribution < 1.29 is 14.3 Å². The Bertz CT molecular complexity index is 859. The SMILES string of the molecule is O=C(COc1ccc(Cl)cc1)OCCCc1c[nH]c2ccc(Cl)cc12. The minimum absolute atomic E-state index is 0.121. The summed E-state index contributed by atoms with van der Waals surface area (Å²) in [6, 6.07) is 12.6. The molecule has 1 aromatic heterocycles. The number of carbonyl (C=O) groups is 1. The third kappa shape index (κ3) is 4.91. The summed E-state index contributed by atoms with van der Waals surface area (Å²) in [5.41, 5.74) is 2.21. The number of H-pyrrole nitrogens is 1. The van der Waals surface area contributed by atoms with Crippen LogP contribution >= 0.6 is 23.2 Å². The van der Waals surface area contributed by atoms with Crippen molar-refractivity contribution in [1.29, 1.82) is 0 Å². The fourth-order valence-electron chi connectivity index (χ4n) is 2.52. The Labute approximate surface area is 155 Å². The van der Waals surface area contributed by atoms with Gasteiger partial charge in [-0.25, -0.2) is 4.79 Å². The van der Waals surface area contributed by atoms with E-state index in [1.165, 1.54) is 0 Å². The van der Waals surface area contributed by atoms with Crippen LogP contribution in [0.2, 0.25) is 10.0 Å². The van der Waals surface area contributed by atoms with E-state index in [4.69, 9.17) is 32.7 Å². The second-order valence-electron chi connectivity index (χ2n) is 5.57. The van der Waals surface area contributed by atoms with E-state index >= 15 is 0 Å². The Morgan fingerprint density at radius 2 is 1.80 bits per heavy atom. The number of aromatic nitrogens is 1. The lowest BCUT2D eigenvalue weighted by Crippen LogP contribution is -2.15. The van der Waals surface area contributed by atoms with Gasteiger partial charge in [0.25, 0.3) is 0 Å². The van der Waals surface area contributed by atoms with Crippen molar-refractivity contribution in [3.05, 3.63) is 64.3 Å². The van der Waals surface area contributed by atoms with Gasteiger partial charge in [-0.05, 0) is 60.9 Å². The van der Waals surface area contributed by atoms with Crippen molar-refractivity contribution in [1.82, 2.24) is 4.98 Å². The van der Waals surface area contributed by atoms with Gasteiger partial charge < -0.3 is 14.5 Å². The summed E-state index contributed by atoms with van der Waals surface area (Å²) in [6.07, 6.45) is 3.49. The van der Waals surface area contributed by atoms with Gasteiger partial charge in [-0.1, -0.05) is 23.2 Å². The van der Waals surface area contributed by atoms with Crippen LogP contribution in [0.15, 0.2) is 48.7 Å². The quantitative estimate of drug-likeness (QED) is 0.464. The predicted octanol–water partition coefficient (Wildman–Crippen LogP) is 5.03. The number of hydrogen-bond donors (Lipinski definition) is 1. The van der Waals surface area contributed by atoms with Crippen molar-refractivity contribution >= 4 is 40.1 Å². The second kappa shape index (κ2) is 8.28. The molecule has 0 aliphatic heterocycles. The van der Waals surface area contributed by atoms with E-state index in [0.717, 1.165) is 29.3 Å². The Morgan fingerprint density at radius 3 is 2.60 bits per heavy atom. The van der Waals surface area contributed by atoms with Crippen LogP contribution in [0.4, 0.5) is 0 Å². The molecule has 6 heteroatoms. The third-order valence-corrected chi connectivity index (χ3v) is 4.24. The summed E-state index contributed by atoms with van der Waals surface area (Å²) in [4.78, 5) is 14.9. The number of rotatable bonds is 7. The number of hydrogen-bond acceptors (Lipinski definition) is 3. The summed E-state index contributed by atoms with van der Waals surface area (Å²) < 4.78 is 10.5. The standard InChI is InChI=1S/C19H17Cl2NO3/c20-14-3-6-16(7-4-14)25-12-19(23)24-9-1-2-13-11-22-18-8-5-15(21)10-17(13)18/h3-8,10-11,22H,1-2,9,12H2. The summed E-state index contributed by atoms with van der Waals surface area (Å²) in [7, 11) is 0. The number of fused-ring (bicyclic) bond motifs is 1. The number of nitrogens with one attached hydrogen (secondary N) is 1. The van der Waals surface area contributed by atoms with Crippen LogP contribution in [0.25, 0.3) is 10.9 Å². The normalized spacial score (nSPS) is 10.8. The number of halogens is 2. The van der Waals surface area contributed by atoms with Crippen LogP contribution in [-0.4, -0.2) is 24.2 Å². The highest BCUT2D eigenvalue weighted by atomic mass is 35.5. The fraction of sp³-hybridized carbons (Fsp3) is 0.211. The van der Waals surface area contributed by atoms with Crippen molar-refractivity contribution in [2.75, 3.05) is 13.2 Å². The van der Waals surface area contributed by atoms with E-state index in [1.54, 1.807) is 24.3 Å². The van der Waals surface area contributed by atoms with Crippen LogP contribution in [0.3, 0.4) is 0 Å². The van der Waals surface area contributed by atoms with Crippen LogP contribution in [0.5, 0.6) is 5.75 Å². The van der Waals surface area contributed by atoms with Gasteiger partial charge in [0, 0.05) is 27.1 Å². The summed E-state index contributed by atoms with van der Waals surface area (Å²) in [5, 5.41) is 2.43. The van der Waals surface area contributed by atoms with Gasteiger partial charge in [0.2, 0.25) is 0 Å². The van der Waals surface area contributed by atoms with Crippen molar-refractivity contribution in [3.8, 4) is 5.75 Å². The molecule has 0 saturated carbocycles. The zero-order valence-electron chi connectivity index (χ0n) is 13.4. The van der Waals surface area contributed by atoms with E-state index in [2.05, 4.69) is 4.98 Å². The molecule has 0 aliphatic carbocycles. The molecule has 0 aliphatic rings. The molecule has 0 atom stereocenters. The Kier molecular flexibility index (Phi) is 5.84. The van der Waals surface area contributed by atoms with Crippen LogP contribution in [-0.2, 0) is 16.0 Å². The Balaban J connectivity index is 1.41. The lowest BCUT2D eigenvalue weighted by atomic mass is 10.1. The topological polar surface area (TPSA) is 51.3 Å². The van der Waals surface area contributed by atoms with E-state index in [-0.39, 0.29) is 6.61 Å². The average Bonchev–Trinajstić information content (AvgIpc) is 3.00. The molecule has 0 radical (unpaired) electrons. The first-order valence-corrected chi connectivity index (χ1v) is 8.67. The molecule has 0 saturated heterocycles. The number of esters is 1. The molecule has 0 amide bonds. The molecule has 25 heavy (non-hydrogen) atoms. The van der Waals surface area contributed by atoms with Crippen molar-refractivity contribution in [2.24, 2.45) is 0 Å². The monoisotopic (exact) mass is 377 g/mol. The number of benzene rings is 2. The zero-order chi connectivity index (χ0) is 17.6. The highest BCUT2D eigenvalue weighted by molar-refractivity contribution is 6.31. The molecular weight excluding hydrogens is 361 g/mol. The maximum atomic E-state index is 11.7. The highest BCUT2D eigenvalue weighted by Crippen LogP contribution is 2.23. The summed E-state index contributed by atoms with van der Waals surface area (Å²) in [6.45, 7) is 0.223. The lowest BCUT2D eigenvalue weighted by Gasteiger charge is -2.07. The van der Waals surface area contributed by atoms with Gasteiger partial charge in [-0.15, -0.1) is 0 Å². The molecule has 2 aromatic carbocycles. The highest BCUT2D eigenvalue weighted by Gasteiger charge is 2.07. The molecule has 3 aromatic rings. The van der Waals surface area contributed by atoms with Crippen molar-refractivity contribution in [3.63, 3.8) is 0 Å². The van der Waals surface area contributed by atoms with Gasteiger partial charge in [0.05, 0.1) is 6.61 Å². The third-order valence-electron chi connectivity index (χ3n) is 3.75. The molecule has 0 bridgehead atoms. The second-order valence-corrected chi connectivity index (χ2v) is 6.44. The Hall–Kier alpha value is -2.17. The molecule has 3 rings (SSSR count). The van der Waals surface area contributed by atoms with E-state index < -0.39 is 5.97 Å². The number of aryl methyl sites for hydroxylation is 1. The molecule has 1 N–H and O–H groups in total. The Morgan fingerprint density at radius 1 is 1.04 bits per heavy atom. The molecule has 0 spiro atoms. The van der Waals surface area contributed by atoms with Crippen LogP contribution < -0.4 is 4.74 Å². The van der Waals surface area contributed by atoms with Gasteiger partial charge >= 0.3 is 5.97 Å². The molecule has 0 fully saturated rings. The molecule has 130 valence electrons. The zero-order valence-corrected chi connectivity index (χ0v) is 14.9. The summed E-state index contributed by atoms with van der Waals surface area (Å²) >= 11 is 11.8. The first kappa shape index (κ1) is 17.6. The van der Waals surface area contributed by atoms with Crippen LogP contribution in [0, 0.1) is 0 Å². The van der Waals surface area contributed by atoms with Gasteiger partial charge in [-0.2, -0.15) is 0 Å². The van der Waals surface area contributed by atoms with E-state index in [0.29, 0.717) is 22.4 Å². The number of aromatic amines is 1. The maximum absolute atomic E-state index is 11.7. The predicted molar refractivity (Wildman–Crippen MR) is 99.5 cm³/mol. The van der Waals surface area contributed by atoms with Gasteiger partial charge in [-0.3, -0.25) is 0 Å². The van der Waals surface area contributed by atoms with E-state index in [9.17, 15) is 4.79 Å². The first-order valence-electron chi connectivity index (χ1n) is 7.91. The average molecular weight is 378 g/mol. The van der Waals surface area contributed by atoms with Gasteiger partial charge in [0.15, 0.2) is 6.61 Å². The van der Waals surface area contributed by atoms with E-state index in [1.807, 2.05) is 24.4 Å². The summed E-state index contributed by atoms with van der Waals surface area (Å²) in [5.74, 6) is 0.189. The minimum atomic E-state index is -0.392. The molecule has 0 unspecified atom stereocenters. The molecule has 4 nitrogen and oxygen atoms in total. The number of ether oxygens (including phenoxy) is 2.